The van der Waals surface area contributed by atoms with Crippen molar-refractivity contribution in [1.82, 2.24) is 9.66 Å². The Morgan fingerprint density at radius 3 is 2.53 bits per heavy atom. The van der Waals surface area contributed by atoms with Gasteiger partial charge in [-0.15, -0.1) is 0 Å². The van der Waals surface area contributed by atoms with Gasteiger partial charge in [0, 0.05) is 3.57 Å². The van der Waals surface area contributed by atoms with Gasteiger partial charge >= 0.3 is 5.69 Å². The van der Waals surface area contributed by atoms with Gasteiger partial charge in [-0.3, -0.25) is 4.79 Å². The van der Waals surface area contributed by atoms with Gasteiger partial charge in [0.1, 0.15) is 0 Å². The van der Waals surface area contributed by atoms with Crippen molar-refractivity contribution >= 4 is 43.5 Å². The molecule has 0 saturated heterocycles. The first-order chi connectivity index (χ1) is 8.69. The zero-order valence-electron chi connectivity index (χ0n) is 10.0. The van der Waals surface area contributed by atoms with Gasteiger partial charge in [-0.1, -0.05) is 0 Å². The molecule has 0 aliphatic rings. The second-order valence-electron chi connectivity index (χ2n) is 4.08. The van der Waals surface area contributed by atoms with Crippen molar-refractivity contribution in [3.8, 4) is 0 Å². The van der Waals surface area contributed by atoms with Crippen LogP contribution in [0.4, 0.5) is 0 Å². The third-order valence-corrected chi connectivity index (χ3v) is 4.11. The Bertz CT molecular complexity index is 882. The number of H-pyrrole nitrogens is 1. The minimum atomic E-state index is -3.72. The zero-order valence-corrected chi connectivity index (χ0v) is 13.0. The van der Waals surface area contributed by atoms with Crippen molar-refractivity contribution in [1.29, 1.82) is 0 Å². The van der Waals surface area contributed by atoms with Crippen LogP contribution in [-0.2, 0) is 10.0 Å². The maximum Gasteiger partial charge on any atom is 0.348 e. The minimum absolute atomic E-state index is 0.241. The summed E-state index contributed by atoms with van der Waals surface area (Å²) in [7, 11) is -3.72. The molecule has 2 aromatic rings. The summed E-state index contributed by atoms with van der Waals surface area (Å²) in [5.74, 6) is 0. The molecule has 2 N–H and O–H groups in total. The highest BCUT2D eigenvalue weighted by atomic mass is 127. The van der Waals surface area contributed by atoms with Crippen LogP contribution < -0.4 is 16.1 Å². The molecular weight excluding hydrogens is 385 g/mol. The number of aromatic amines is 1. The number of nitrogens with one attached hydrogen (secondary N) is 2. The molecule has 0 spiro atoms. The van der Waals surface area contributed by atoms with Gasteiger partial charge < -0.3 is 4.98 Å². The van der Waals surface area contributed by atoms with Crippen LogP contribution in [0.2, 0.25) is 0 Å². The van der Waals surface area contributed by atoms with Gasteiger partial charge in [-0.05, 0) is 47.2 Å². The zero-order chi connectivity index (χ0) is 14.4. The van der Waals surface area contributed by atoms with Crippen LogP contribution in [0.15, 0.2) is 21.7 Å². The summed E-state index contributed by atoms with van der Waals surface area (Å²) in [6, 6.07) is 3.27. The lowest BCUT2D eigenvalue weighted by Gasteiger charge is -2.08. The Labute approximate surface area is 121 Å². The number of fused-ring (bicyclic) bond motifs is 1. The van der Waals surface area contributed by atoms with E-state index in [0.29, 0.717) is 10.2 Å². The molecule has 0 amide bonds. The highest BCUT2D eigenvalue weighted by Crippen LogP contribution is 2.16. The quantitative estimate of drug-likeness (QED) is 0.705. The molecule has 2 rings (SSSR count). The maximum atomic E-state index is 12.1. The summed E-state index contributed by atoms with van der Waals surface area (Å²) in [6.45, 7) is 1.85. The van der Waals surface area contributed by atoms with E-state index in [4.69, 9.17) is 0 Å². The first kappa shape index (κ1) is 14.1. The van der Waals surface area contributed by atoms with Crippen LogP contribution >= 0.6 is 22.6 Å². The van der Waals surface area contributed by atoms with Crippen molar-refractivity contribution in [3.63, 3.8) is 0 Å². The topological polar surface area (TPSA) is 101 Å². The standard InChI is InChI=1S/C10H10IN3O4S/c1-5-3-8-6(4-7(5)11)9(15)14(10(16)12-8)13-19(2,17)18/h3-4,13H,1-2H3,(H,12,16). The fraction of sp³-hybridized carbons (Fsp3) is 0.200. The Morgan fingerprint density at radius 1 is 1.32 bits per heavy atom. The number of aromatic nitrogens is 2. The summed E-state index contributed by atoms with van der Waals surface area (Å²) < 4.78 is 23.6. The normalized spacial score (nSPS) is 11.7. The largest absolute Gasteiger partial charge is 0.348 e. The van der Waals surface area contributed by atoms with E-state index < -0.39 is 21.3 Å². The second kappa shape index (κ2) is 4.63. The number of aryl methyl sites for hydroxylation is 1. The van der Waals surface area contributed by atoms with Gasteiger partial charge in [0.25, 0.3) is 5.56 Å². The van der Waals surface area contributed by atoms with Gasteiger partial charge in [-0.2, -0.15) is 4.68 Å². The van der Waals surface area contributed by atoms with Crippen LogP contribution in [0.1, 0.15) is 5.56 Å². The molecule has 102 valence electrons. The molecule has 0 aliphatic carbocycles. The van der Waals surface area contributed by atoms with Crippen molar-refractivity contribution in [3.05, 3.63) is 42.1 Å². The van der Waals surface area contributed by atoms with E-state index >= 15 is 0 Å². The highest BCUT2D eigenvalue weighted by molar-refractivity contribution is 14.1. The minimum Gasteiger partial charge on any atom is -0.305 e. The van der Waals surface area contributed by atoms with Crippen molar-refractivity contribution in [2.45, 2.75) is 6.92 Å². The summed E-state index contributed by atoms with van der Waals surface area (Å²) in [4.78, 5) is 28.2. The van der Waals surface area contributed by atoms with Crippen LogP contribution in [0.5, 0.6) is 0 Å². The van der Waals surface area contributed by atoms with Crippen LogP contribution in [0.25, 0.3) is 10.9 Å². The molecule has 7 nitrogen and oxygen atoms in total. The Morgan fingerprint density at radius 2 is 1.95 bits per heavy atom. The molecule has 9 heteroatoms. The third-order valence-electron chi connectivity index (χ3n) is 2.43. The van der Waals surface area contributed by atoms with E-state index in [-0.39, 0.29) is 5.39 Å². The molecule has 0 bridgehead atoms. The fourth-order valence-corrected chi connectivity index (χ4v) is 2.56. The third kappa shape index (κ3) is 2.81. The Kier molecular flexibility index (Phi) is 3.43. The van der Waals surface area contributed by atoms with Gasteiger partial charge in [0.15, 0.2) is 0 Å². The number of sulfonamides is 1. The fourth-order valence-electron chi connectivity index (χ4n) is 1.59. The Balaban J connectivity index is 2.86. The number of hydrogen-bond donors (Lipinski definition) is 2. The summed E-state index contributed by atoms with van der Waals surface area (Å²) in [6.07, 6.45) is 0.863. The number of nitrogens with zero attached hydrogens (tertiary/aromatic N) is 1. The van der Waals surface area contributed by atoms with Gasteiger partial charge in [0.2, 0.25) is 10.0 Å². The second-order valence-corrected chi connectivity index (χ2v) is 6.97. The maximum absolute atomic E-state index is 12.1. The lowest BCUT2D eigenvalue weighted by Crippen LogP contribution is -2.43. The van der Waals surface area contributed by atoms with Crippen LogP contribution in [-0.4, -0.2) is 24.3 Å². The average molecular weight is 395 g/mol. The van der Waals surface area contributed by atoms with Crippen LogP contribution in [0.3, 0.4) is 0 Å². The molecule has 1 aromatic carbocycles. The SMILES string of the molecule is Cc1cc2[nH]c(=O)n(NS(C)(=O)=O)c(=O)c2cc1I. The smallest absolute Gasteiger partial charge is 0.305 e. The average Bonchev–Trinajstić information content (AvgIpc) is 2.26. The predicted octanol–water partition coefficient (Wildman–Crippen LogP) is 0.106. The number of rotatable bonds is 2. The summed E-state index contributed by atoms with van der Waals surface area (Å²) in [5.41, 5.74) is -0.248. The van der Waals surface area contributed by atoms with Gasteiger partial charge in [0.05, 0.1) is 17.2 Å². The summed E-state index contributed by atoms with van der Waals surface area (Å²) in [5, 5.41) is 0.241. The molecule has 0 radical (unpaired) electrons. The molecule has 19 heavy (non-hydrogen) atoms. The van der Waals surface area contributed by atoms with Crippen molar-refractivity contribution in [2.24, 2.45) is 0 Å². The van der Waals surface area contributed by atoms with E-state index in [1.165, 1.54) is 0 Å². The molecule has 0 fully saturated rings. The number of halogens is 1. The molecule has 0 atom stereocenters. The molecule has 1 heterocycles. The molecule has 1 aromatic heterocycles. The lowest BCUT2D eigenvalue weighted by atomic mass is 10.2. The lowest BCUT2D eigenvalue weighted by molar-refractivity contribution is 0.598. The first-order valence-electron chi connectivity index (χ1n) is 5.12. The van der Waals surface area contributed by atoms with Crippen molar-refractivity contribution in [2.75, 3.05) is 11.1 Å². The van der Waals surface area contributed by atoms with E-state index in [9.17, 15) is 18.0 Å². The summed E-state index contributed by atoms with van der Waals surface area (Å²) >= 11 is 2.06. The van der Waals surface area contributed by atoms with E-state index in [1.54, 1.807) is 12.1 Å². The first-order valence-corrected chi connectivity index (χ1v) is 8.09. The number of benzene rings is 1. The van der Waals surface area contributed by atoms with E-state index in [0.717, 1.165) is 15.4 Å². The van der Waals surface area contributed by atoms with E-state index in [2.05, 4.69) is 27.6 Å². The molecule has 0 aliphatic heterocycles. The van der Waals surface area contributed by atoms with Crippen LogP contribution in [0, 0.1) is 10.5 Å². The Hall–Kier alpha value is -1.36. The monoisotopic (exact) mass is 395 g/mol. The number of hydrogen-bond acceptors (Lipinski definition) is 4. The molecule has 0 unspecified atom stereocenters. The highest BCUT2D eigenvalue weighted by Gasteiger charge is 2.12. The molecular formula is C10H10IN3O4S. The molecule has 0 saturated carbocycles. The van der Waals surface area contributed by atoms with E-state index in [1.807, 2.05) is 11.8 Å². The predicted molar refractivity (Wildman–Crippen MR) is 80.5 cm³/mol. The van der Waals surface area contributed by atoms with Crippen molar-refractivity contribution < 1.29 is 8.42 Å². The van der Waals surface area contributed by atoms with Gasteiger partial charge in [-0.25, -0.2) is 18.0 Å².